The number of halogens is 1. The number of carbonyl (C=O) groups is 1. The molecule has 1 heterocycles. The van der Waals surface area contributed by atoms with Crippen molar-refractivity contribution in [1.29, 1.82) is 0 Å². The average molecular weight is 402 g/mol. The Balaban J connectivity index is 1.40. The Morgan fingerprint density at radius 3 is 2.50 bits per heavy atom. The fourth-order valence-corrected chi connectivity index (χ4v) is 3.15. The molecule has 150 valence electrons. The van der Waals surface area contributed by atoms with Crippen molar-refractivity contribution in [3.05, 3.63) is 107 Å². The highest BCUT2D eigenvalue weighted by molar-refractivity contribution is 5.91. The Labute approximate surface area is 172 Å². The fraction of sp³-hybridized carbons (Fsp3) is 0.0833. The molecule has 0 atom stereocenters. The molecule has 0 spiro atoms. The molecule has 0 fully saturated rings. The van der Waals surface area contributed by atoms with Gasteiger partial charge in [-0.2, -0.15) is 0 Å². The lowest BCUT2D eigenvalue weighted by Gasteiger charge is -2.12. The van der Waals surface area contributed by atoms with Crippen molar-refractivity contribution < 1.29 is 13.9 Å². The van der Waals surface area contributed by atoms with Gasteiger partial charge in [0.05, 0.1) is 5.52 Å². The van der Waals surface area contributed by atoms with E-state index in [1.165, 1.54) is 30.5 Å². The maximum atomic E-state index is 13.4. The van der Waals surface area contributed by atoms with Crippen molar-refractivity contribution in [2.24, 2.45) is 0 Å². The monoisotopic (exact) mass is 402 g/mol. The van der Waals surface area contributed by atoms with Crippen LogP contribution in [0.5, 0.6) is 5.75 Å². The molecule has 0 aliphatic carbocycles. The number of fused-ring (bicyclic) bond motifs is 1. The minimum absolute atomic E-state index is 0.00529. The van der Waals surface area contributed by atoms with Gasteiger partial charge in [0.2, 0.25) is 5.91 Å². The molecule has 1 aromatic heterocycles. The Hall–Kier alpha value is -3.93. The summed E-state index contributed by atoms with van der Waals surface area (Å²) in [5, 5.41) is 3.06. The van der Waals surface area contributed by atoms with Crippen LogP contribution in [0.2, 0.25) is 0 Å². The van der Waals surface area contributed by atoms with Gasteiger partial charge in [0.1, 0.15) is 24.7 Å². The number of nitrogens with zero attached hydrogens (tertiary/aromatic N) is 1. The van der Waals surface area contributed by atoms with E-state index in [4.69, 9.17) is 4.74 Å². The lowest BCUT2D eigenvalue weighted by Crippen LogP contribution is -2.20. The molecule has 5 nitrogen and oxygen atoms in total. The van der Waals surface area contributed by atoms with Crippen molar-refractivity contribution in [2.45, 2.75) is 13.2 Å². The highest BCUT2D eigenvalue weighted by atomic mass is 19.1. The summed E-state index contributed by atoms with van der Waals surface area (Å²) in [6.45, 7) is 0.460. The number of anilines is 1. The van der Waals surface area contributed by atoms with Gasteiger partial charge >= 0.3 is 0 Å². The van der Waals surface area contributed by atoms with Crippen LogP contribution >= 0.6 is 0 Å². The number of hydrogen-bond acceptors (Lipinski definition) is 3. The molecule has 0 radical (unpaired) electrons. The van der Waals surface area contributed by atoms with Crippen LogP contribution in [0.3, 0.4) is 0 Å². The van der Waals surface area contributed by atoms with Crippen LogP contribution < -0.4 is 15.5 Å². The number of benzene rings is 3. The molecule has 3 aromatic carbocycles. The van der Waals surface area contributed by atoms with Crippen LogP contribution in [0.4, 0.5) is 10.1 Å². The largest absolute Gasteiger partial charge is 0.489 e. The smallest absolute Gasteiger partial charge is 0.244 e. The zero-order valence-electron chi connectivity index (χ0n) is 16.0. The lowest BCUT2D eigenvalue weighted by atomic mass is 10.2. The van der Waals surface area contributed by atoms with E-state index in [-0.39, 0.29) is 23.3 Å². The molecule has 1 amide bonds. The van der Waals surface area contributed by atoms with Crippen LogP contribution in [0.25, 0.3) is 10.9 Å². The van der Waals surface area contributed by atoms with E-state index in [9.17, 15) is 14.0 Å². The van der Waals surface area contributed by atoms with Gasteiger partial charge in [-0.3, -0.25) is 9.59 Å². The molecule has 0 aliphatic heterocycles. The van der Waals surface area contributed by atoms with Gasteiger partial charge in [-0.1, -0.05) is 30.3 Å². The Morgan fingerprint density at radius 1 is 0.967 bits per heavy atom. The summed E-state index contributed by atoms with van der Waals surface area (Å²) in [6.07, 6.45) is 1.53. The molecule has 0 bridgehead atoms. The number of hydrogen-bond donors (Lipinski definition) is 1. The first-order valence-electron chi connectivity index (χ1n) is 9.44. The van der Waals surface area contributed by atoms with E-state index in [1.54, 1.807) is 28.8 Å². The summed E-state index contributed by atoms with van der Waals surface area (Å²) < 4.78 is 20.8. The van der Waals surface area contributed by atoms with E-state index in [0.717, 1.165) is 5.56 Å². The standard InChI is InChI=1S/C24H19FN2O3/c25-18-6-11-22-21(14-18)23(28)12-13-27(22)15-24(29)26-19-7-9-20(10-8-19)30-16-17-4-2-1-3-5-17/h1-14H,15-16H2,(H,26,29). The third-order valence-electron chi connectivity index (χ3n) is 4.64. The molecule has 0 saturated carbocycles. The molecular formula is C24H19FN2O3. The van der Waals surface area contributed by atoms with Crippen molar-refractivity contribution in [3.8, 4) is 5.75 Å². The average Bonchev–Trinajstić information content (AvgIpc) is 2.76. The summed E-state index contributed by atoms with van der Waals surface area (Å²) in [6, 6.07) is 22.2. The number of rotatable bonds is 6. The predicted molar refractivity (Wildman–Crippen MR) is 114 cm³/mol. The van der Waals surface area contributed by atoms with Crippen molar-refractivity contribution in [3.63, 3.8) is 0 Å². The second-order valence-electron chi connectivity index (χ2n) is 6.82. The Kier molecular flexibility index (Phi) is 5.57. The van der Waals surface area contributed by atoms with Crippen molar-refractivity contribution >= 4 is 22.5 Å². The van der Waals surface area contributed by atoms with Crippen molar-refractivity contribution in [2.75, 3.05) is 5.32 Å². The first-order chi connectivity index (χ1) is 14.6. The van der Waals surface area contributed by atoms with E-state index >= 15 is 0 Å². The topological polar surface area (TPSA) is 60.3 Å². The van der Waals surface area contributed by atoms with Crippen LogP contribution in [0, 0.1) is 5.82 Å². The highest BCUT2D eigenvalue weighted by Crippen LogP contribution is 2.18. The SMILES string of the molecule is O=C(Cn1ccc(=O)c2cc(F)ccc21)Nc1ccc(OCc2ccccc2)cc1. The Bertz CT molecular complexity index is 1240. The molecule has 6 heteroatoms. The first-order valence-corrected chi connectivity index (χ1v) is 9.44. The molecule has 1 N–H and O–H groups in total. The van der Waals surface area contributed by atoms with Gasteiger partial charge in [-0.25, -0.2) is 4.39 Å². The number of pyridine rings is 1. The summed E-state index contributed by atoms with van der Waals surface area (Å²) in [5.41, 5.74) is 1.92. The minimum atomic E-state index is -0.489. The Morgan fingerprint density at radius 2 is 1.73 bits per heavy atom. The van der Waals surface area contributed by atoms with Crippen LogP contribution in [0.15, 0.2) is 89.9 Å². The van der Waals surface area contributed by atoms with Crippen LogP contribution in [-0.4, -0.2) is 10.5 Å². The van der Waals surface area contributed by atoms with Gasteiger partial charge in [0, 0.05) is 23.3 Å². The third-order valence-corrected chi connectivity index (χ3v) is 4.64. The van der Waals surface area contributed by atoms with Gasteiger partial charge in [-0.15, -0.1) is 0 Å². The number of aromatic nitrogens is 1. The van der Waals surface area contributed by atoms with Crippen LogP contribution in [0.1, 0.15) is 5.56 Å². The molecular weight excluding hydrogens is 383 g/mol. The number of ether oxygens (including phenoxy) is 1. The molecule has 30 heavy (non-hydrogen) atoms. The van der Waals surface area contributed by atoms with E-state index in [0.29, 0.717) is 23.6 Å². The van der Waals surface area contributed by atoms with Crippen LogP contribution in [-0.2, 0) is 17.9 Å². The highest BCUT2D eigenvalue weighted by Gasteiger charge is 2.09. The molecule has 0 saturated heterocycles. The quantitative estimate of drug-likeness (QED) is 0.521. The predicted octanol–water partition coefficient (Wildman–Crippen LogP) is 4.36. The summed E-state index contributed by atoms with van der Waals surface area (Å²) in [7, 11) is 0. The summed E-state index contributed by atoms with van der Waals surface area (Å²) in [5.74, 6) is -0.0520. The number of amides is 1. The molecule has 0 aliphatic rings. The summed E-state index contributed by atoms with van der Waals surface area (Å²) >= 11 is 0. The second-order valence-corrected chi connectivity index (χ2v) is 6.82. The van der Waals surface area contributed by atoms with E-state index in [2.05, 4.69) is 5.32 Å². The minimum Gasteiger partial charge on any atom is -0.489 e. The normalized spacial score (nSPS) is 10.7. The lowest BCUT2D eigenvalue weighted by molar-refractivity contribution is -0.116. The number of nitrogens with one attached hydrogen (secondary N) is 1. The van der Waals surface area contributed by atoms with Crippen molar-refractivity contribution in [1.82, 2.24) is 4.57 Å². The maximum Gasteiger partial charge on any atom is 0.244 e. The molecule has 4 aromatic rings. The van der Waals surface area contributed by atoms with E-state index < -0.39 is 5.82 Å². The third kappa shape index (κ3) is 4.55. The van der Waals surface area contributed by atoms with Gasteiger partial charge in [0.25, 0.3) is 0 Å². The van der Waals surface area contributed by atoms with E-state index in [1.807, 2.05) is 30.3 Å². The first kappa shape index (κ1) is 19.4. The zero-order valence-corrected chi connectivity index (χ0v) is 16.0. The maximum absolute atomic E-state index is 13.4. The van der Waals surface area contributed by atoms with Gasteiger partial charge in [0.15, 0.2) is 5.43 Å². The molecule has 4 rings (SSSR count). The fourth-order valence-electron chi connectivity index (χ4n) is 3.15. The number of carbonyl (C=O) groups excluding carboxylic acids is 1. The van der Waals surface area contributed by atoms with Gasteiger partial charge in [-0.05, 0) is 48.0 Å². The zero-order chi connectivity index (χ0) is 20.9. The second kappa shape index (κ2) is 8.61. The summed E-state index contributed by atoms with van der Waals surface area (Å²) in [4.78, 5) is 24.4. The van der Waals surface area contributed by atoms with Gasteiger partial charge < -0.3 is 14.6 Å². The molecule has 0 unspecified atom stereocenters.